The molecule has 2 rings (SSSR count). The van der Waals surface area contributed by atoms with Crippen molar-refractivity contribution in [3.05, 3.63) is 28.8 Å². The average molecular weight is 288 g/mol. The molecule has 1 N–H and O–H groups in total. The van der Waals surface area contributed by atoms with Gasteiger partial charge in [0.2, 0.25) is 0 Å². The van der Waals surface area contributed by atoms with Gasteiger partial charge >= 0.3 is 0 Å². The van der Waals surface area contributed by atoms with E-state index in [0.29, 0.717) is 0 Å². The summed E-state index contributed by atoms with van der Waals surface area (Å²) in [4.78, 5) is 0. The summed E-state index contributed by atoms with van der Waals surface area (Å²) in [5.41, 5.74) is 1.06. The van der Waals surface area contributed by atoms with Gasteiger partial charge in [-0.15, -0.1) is 0 Å². The fraction of sp³-hybridized carbons (Fsp3) is 0.538. The molecule has 1 heterocycles. The molecule has 3 nitrogen and oxygen atoms in total. The first-order valence-electron chi connectivity index (χ1n) is 5.96. The lowest BCUT2D eigenvalue weighted by atomic mass is 10.0. The summed E-state index contributed by atoms with van der Waals surface area (Å²) in [6.07, 6.45) is 0.154. The minimum absolute atomic E-state index is 0.103. The van der Waals surface area contributed by atoms with Crippen molar-refractivity contribution in [2.75, 3.05) is 32.3 Å². The highest BCUT2D eigenvalue weighted by molar-refractivity contribution is 7.99. The molecule has 0 aromatic heterocycles. The van der Waals surface area contributed by atoms with E-state index in [1.165, 1.54) is 0 Å². The van der Waals surface area contributed by atoms with Crippen molar-refractivity contribution in [3.8, 4) is 5.75 Å². The number of hydrogen-bond acceptors (Lipinski definition) is 4. The van der Waals surface area contributed by atoms with Gasteiger partial charge in [-0.2, -0.15) is 11.8 Å². The van der Waals surface area contributed by atoms with Crippen LogP contribution in [0.4, 0.5) is 0 Å². The molecule has 0 spiro atoms. The molecule has 1 aromatic rings. The maximum atomic E-state index is 6.08. The summed E-state index contributed by atoms with van der Waals surface area (Å²) in [7, 11) is 3.61. The van der Waals surface area contributed by atoms with Crippen LogP contribution < -0.4 is 10.1 Å². The first-order chi connectivity index (χ1) is 8.76. The molecule has 0 saturated carbocycles. The summed E-state index contributed by atoms with van der Waals surface area (Å²) >= 11 is 8.00. The number of nitrogens with one attached hydrogen (secondary N) is 1. The largest absolute Gasteiger partial charge is 0.496 e. The summed E-state index contributed by atoms with van der Waals surface area (Å²) in [6, 6.07) is 5.79. The Morgan fingerprint density at radius 2 is 2.39 bits per heavy atom. The molecule has 0 radical (unpaired) electrons. The summed E-state index contributed by atoms with van der Waals surface area (Å²) in [5, 5.41) is 4.03. The number of halogens is 1. The van der Waals surface area contributed by atoms with E-state index in [-0.39, 0.29) is 12.1 Å². The average Bonchev–Trinajstić information content (AvgIpc) is 2.41. The molecule has 0 amide bonds. The number of ether oxygens (including phenoxy) is 2. The molecule has 1 saturated heterocycles. The Morgan fingerprint density at radius 1 is 1.56 bits per heavy atom. The Kier molecular flexibility index (Phi) is 5.18. The summed E-state index contributed by atoms with van der Waals surface area (Å²) in [6.45, 7) is 0.802. The van der Waals surface area contributed by atoms with Crippen molar-refractivity contribution in [2.45, 2.75) is 12.1 Å². The molecular formula is C13H18ClNO2S. The Hall–Kier alpha value is -0.420. The molecule has 2 unspecified atom stereocenters. The second kappa shape index (κ2) is 6.66. The van der Waals surface area contributed by atoms with Crippen LogP contribution in [0.3, 0.4) is 0 Å². The summed E-state index contributed by atoms with van der Waals surface area (Å²) in [5.74, 6) is 2.90. The maximum Gasteiger partial charge on any atom is 0.123 e. The molecule has 1 aliphatic heterocycles. The molecular weight excluding hydrogens is 270 g/mol. The number of hydrogen-bond donors (Lipinski definition) is 1. The van der Waals surface area contributed by atoms with Gasteiger partial charge in [0.05, 0.1) is 25.9 Å². The Bertz CT molecular complexity index is 397. The highest BCUT2D eigenvalue weighted by atomic mass is 35.5. The minimum Gasteiger partial charge on any atom is -0.496 e. The topological polar surface area (TPSA) is 30.5 Å². The van der Waals surface area contributed by atoms with Crippen molar-refractivity contribution in [1.29, 1.82) is 0 Å². The fourth-order valence-electron chi connectivity index (χ4n) is 2.19. The predicted octanol–water partition coefficient (Wildman–Crippen LogP) is 2.74. The van der Waals surface area contributed by atoms with Crippen LogP contribution in [0.2, 0.25) is 5.02 Å². The van der Waals surface area contributed by atoms with E-state index < -0.39 is 0 Å². The number of benzene rings is 1. The first-order valence-corrected chi connectivity index (χ1v) is 7.49. The molecule has 1 aromatic carbocycles. The molecule has 0 bridgehead atoms. The number of thioether (sulfide) groups is 1. The zero-order valence-corrected chi connectivity index (χ0v) is 12.2. The lowest BCUT2D eigenvalue weighted by Gasteiger charge is -2.31. The van der Waals surface area contributed by atoms with Crippen LogP contribution in [-0.4, -0.2) is 38.4 Å². The molecule has 18 heavy (non-hydrogen) atoms. The third kappa shape index (κ3) is 3.12. The number of methoxy groups -OCH3 is 1. The van der Waals surface area contributed by atoms with Gasteiger partial charge in [-0.3, -0.25) is 0 Å². The number of rotatable bonds is 4. The third-order valence-electron chi connectivity index (χ3n) is 3.05. The summed E-state index contributed by atoms with van der Waals surface area (Å²) < 4.78 is 11.3. The van der Waals surface area contributed by atoms with E-state index in [0.717, 1.165) is 34.4 Å². The molecule has 1 aliphatic rings. The van der Waals surface area contributed by atoms with Gasteiger partial charge in [0.1, 0.15) is 5.75 Å². The highest BCUT2D eigenvalue weighted by Gasteiger charge is 2.27. The molecule has 5 heteroatoms. The lowest BCUT2D eigenvalue weighted by molar-refractivity contribution is 0.0482. The maximum absolute atomic E-state index is 6.08. The fourth-order valence-corrected chi connectivity index (χ4v) is 3.27. The van der Waals surface area contributed by atoms with Crippen molar-refractivity contribution in [1.82, 2.24) is 5.32 Å². The van der Waals surface area contributed by atoms with Crippen LogP contribution in [-0.2, 0) is 4.74 Å². The minimum atomic E-state index is 0.103. The van der Waals surface area contributed by atoms with Crippen molar-refractivity contribution in [3.63, 3.8) is 0 Å². The van der Waals surface area contributed by atoms with Gasteiger partial charge in [0, 0.05) is 22.1 Å². The zero-order valence-electron chi connectivity index (χ0n) is 10.6. The van der Waals surface area contributed by atoms with E-state index in [1.807, 2.05) is 37.0 Å². The second-order valence-corrected chi connectivity index (χ2v) is 5.72. The standard InChI is InChI=1S/C13H18ClNO2S/c1-15-13(12-8-18-6-5-17-12)10-7-9(14)3-4-11(10)16-2/h3-4,7,12-13,15H,5-6,8H2,1-2H3. The van der Waals surface area contributed by atoms with Crippen molar-refractivity contribution in [2.24, 2.45) is 0 Å². The third-order valence-corrected chi connectivity index (χ3v) is 4.31. The smallest absolute Gasteiger partial charge is 0.123 e. The van der Waals surface area contributed by atoms with Crippen molar-refractivity contribution >= 4 is 23.4 Å². The highest BCUT2D eigenvalue weighted by Crippen LogP contribution is 2.33. The van der Waals surface area contributed by atoms with E-state index in [2.05, 4.69) is 5.32 Å². The van der Waals surface area contributed by atoms with Gasteiger partial charge in [0.15, 0.2) is 0 Å². The zero-order chi connectivity index (χ0) is 13.0. The van der Waals surface area contributed by atoms with Gasteiger partial charge in [-0.1, -0.05) is 11.6 Å². The van der Waals surface area contributed by atoms with Crippen LogP contribution in [0.25, 0.3) is 0 Å². The van der Waals surface area contributed by atoms with Crippen molar-refractivity contribution < 1.29 is 9.47 Å². The SMILES string of the molecule is CNC(c1cc(Cl)ccc1OC)C1CSCCO1. The molecule has 2 atom stereocenters. The molecule has 1 fully saturated rings. The van der Waals surface area contributed by atoms with E-state index in [4.69, 9.17) is 21.1 Å². The monoisotopic (exact) mass is 287 g/mol. The van der Waals surface area contributed by atoms with E-state index in [9.17, 15) is 0 Å². The van der Waals surface area contributed by atoms with Crippen LogP contribution in [0.15, 0.2) is 18.2 Å². The van der Waals surface area contributed by atoms with Crippen LogP contribution in [0, 0.1) is 0 Å². The van der Waals surface area contributed by atoms with Crippen LogP contribution in [0.1, 0.15) is 11.6 Å². The molecule has 0 aliphatic carbocycles. The Morgan fingerprint density at radius 3 is 3.00 bits per heavy atom. The molecule has 100 valence electrons. The Labute approximate surface area is 117 Å². The van der Waals surface area contributed by atoms with Gasteiger partial charge in [-0.05, 0) is 25.2 Å². The second-order valence-electron chi connectivity index (χ2n) is 4.14. The van der Waals surface area contributed by atoms with Gasteiger partial charge < -0.3 is 14.8 Å². The van der Waals surface area contributed by atoms with Gasteiger partial charge in [-0.25, -0.2) is 0 Å². The predicted molar refractivity (Wildman–Crippen MR) is 76.9 cm³/mol. The van der Waals surface area contributed by atoms with E-state index >= 15 is 0 Å². The van der Waals surface area contributed by atoms with Gasteiger partial charge in [0.25, 0.3) is 0 Å². The lowest BCUT2D eigenvalue weighted by Crippen LogP contribution is -2.36. The van der Waals surface area contributed by atoms with Crippen LogP contribution in [0.5, 0.6) is 5.75 Å². The quantitative estimate of drug-likeness (QED) is 0.922. The van der Waals surface area contributed by atoms with E-state index in [1.54, 1.807) is 7.11 Å². The Balaban J connectivity index is 2.27. The van der Waals surface area contributed by atoms with Crippen LogP contribution >= 0.6 is 23.4 Å². The number of likely N-dealkylation sites (N-methyl/N-ethyl adjacent to an activating group) is 1. The normalized spacial score (nSPS) is 21.6. The first kappa shape index (κ1) is 14.0.